The maximum absolute atomic E-state index is 12.4. The van der Waals surface area contributed by atoms with Gasteiger partial charge >= 0.3 is 0 Å². The topological polar surface area (TPSA) is 66.5 Å². The van der Waals surface area contributed by atoms with Crippen LogP contribution in [0.1, 0.15) is 26.2 Å². The number of hydrogen-bond donors (Lipinski definition) is 1. The largest absolute Gasteiger partial charge is 0.358 e. The number of amides is 1. The number of carbonyl (C=O) groups is 1. The standard InChI is InChI=1S/C15H20N2O3S/c1-3-10-7-8-17-11-5-4-6-13(21(2,19)20)14(11)16-15(18)12(17)9-10/h4-6,10,12H,3,7-9H2,1-2H3,(H,16,18). The number of hydrogen-bond acceptors (Lipinski definition) is 4. The number of piperidine rings is 1. The molecule has 114 valence electrons. The van der Waals surface area contributed by atoms with Gasteiger partial charge in [-0.05, 0) is 30.9 Å². The molecule has 0 saturated carbocycles. The molecule has 1 aromatic rings. The van der Waals surface area contributed by atoms with Crippen molar-refractivity contribution in [2.24, 2.45) is 5.92 Å². The van der Waals surface area contributed by atoms with Crippen LogP contribution in [-0.4, -0.2) is 33.2 Å². The second kappa shape index (κ2) is 5.02. The van der Waals surface area contributed by atoms with Gasteiger partial charge in [-0.15, -0.1) is 0 Å². The minimum Gasteiger partial charge on any atom is -0.358 e. The van der Waals surface area contributed by atoms with E-state index in [4.69, 9.17) is 0 Å². The molecular formula is C15H20N2O3S. The molecule has 0 spiro atoms. The van der Waals surface area contributed by atoms with Gasteiger partial charge in [-0.2, -0.15) is 0 Å². The van der Waals surface area contributed by atoms with Crippen molar-refractivity contribution in [2.45, 2.75) is 37.1 Å². The molecule has 2 aliphatic rings. The predicted molar refractivity (Wildman–Crippen MR) is 82.3 cm³/mol. The summed E-state index contributed by atoms with van der Waals surface area (Å²) < 4.78 is 23.8. The molecule has 1 fully saturated rings. The van der Waals surface area contributed by atoms with Gasteiger partial charge < -0.3 is 10.2 Å². The second-order valence-electron chi connectivity index (χ2n) is 5.92. The number of carbonyl (C=O) groups excluding carboxylic acids is 1. The lowest BCUT2D eigenvalue weighted by Gasteiger charge is -2.44. The molecular weight excluding hydrogens is 288 g/mol. The van der Waals surface area contributed by atoms with Crippen LogP contribution in [0.2, 0.25) is 0 Å². The summed E-state index contributed by atoms with van der Waals surface area (Å²) in [5.74, 6) is 0.480. The molecule has 0 aliphatic carbocycles. The number of nitrogens with zero attached hydrogens (tertiary/aromatic N) is 1. The summed E-state index contributed by atoms with van der Waals surface area (Å²) >= 11 is 0. The van der Waals surface area contributed by atoms with Gasteiger partial charge in [-0.25, -0.2) is 8.42 Å². The third kappa shape index (κ3) is 2.41. The number of benzene rings is 1. The maximum atomic E-state index is 12.4. The molecule has 21 heavy (non-hydrogen) atoms. The highest BCUT2D eigenvalue weighted by Gasteiger charge is 2.38. The quantitative estimate of drug-likeness (QED) is 0.908. The van der Waals surface area contributed by atoms with Crippen molar-refractivity contribution < 1.29 is 13.2 Å². The molecule has 2 aliphatic heterocycles. The molecule has 0 bridgehead atoms. The van der Waals surface area contributed by atoms with Crippen molar-refractivity contribution in [3.05, 3.63) is 18.2 Å². The third-order valence-electron chi connectivity index (χ3n) is 4.55. The van der Waals surface area contributed by atoms with Gasteiger partial charge in [0, 0.05) is 12.8 Å². The van der Waals surface area contributed by atoms with Crippen LogP contribution in [0.3, 0.4) is 0 Å². The zero-order valence-electron chi connectivity index (χ0n) is 12.3. The fourth-order valence-corrected chi connectivity index (χ4v) is 4.20. The summed E-state index contributed by atoms with van der Waals surface area (Å²) in [5, 5.41) is 2.82. The van der Waals surface area contributed by atoms with Gasteiger partial charge in [-0.1, -0.05) is 19.4 Å². The first kappa shape index (κ1) is 14.4. The van der Waals surface area contributed by atoms with Crippen LogP contribution in [0, 0.1) is 5.92 Å². The molecule has 1 N–H and O–H groups in total. The Hall–Kier alpha value is -1.56. The van der Waals surface area contributed by atoms with Gasteiger partial charge in [0.05, 0.1) is 16.3 Å². The lowest BCUT2D eigenvalue weighted by Crippen LogP contribution is -2.52. The Labute approximate surface area is 125 Å². The van der Waals surface area contributed by atoms with E-state index in [-0.39, 0.29) is 16.8 Å². The highest BCUT2D eigenvalue weighted by atomic mass is 32.2. The van der Waals surface area contributed by atoms with Crippen LogP contribution < -0.4 is 10.2 Å². The summed E-state index contributed by atoms with van der Waals surface area (Å²) in [5.41, 5.74) is 1.27. The number of sulfone groups is 1. The smallest absolute Gasteiger partial charge is 0.247 e. The molecule has 0 radical (unpaired) electrons. The van der Waals surface area contributed by atoms with E-state index >= 15 is 0 Å². The number of nitrogens with one attached hydrogen (secondary N) is 1. The van der Waals surface area contributed by atoms with Crippen molar-refractivity contribution in [1.82, 2.24) is 0 Å². The zero-order valence-corrected chi connectivity index (χ0v) is 13.1. The second-order valence-corrected chi connectivity index (χ2v) is 7.90. The van der Waals surface area contributed by atoms with Gasteiger partial charge in [0.1, 0.15) is 6.04 Å². The summed E-state index contributed by atoms with van der Waals surface area (Å²) in [6, 6.07) is 5.01. The predicted octanol–water partition coefficient (Wildman–Crippen LogP) is 2.04. The number of fused-ring (bicyclic) bond motifs is 3. The maximum Gasteiger partial charge on any atom is 0.247 e. The van der Waals surface area contributed by atoms with Crippen LogP contribution in [-0.2, 0) is 14.6 Å². The van der Waals surface area contributed by atoms with E-state index in [1.54, 1.807) is 12.1 Å². The van der Waals surface area contributed by atoms with E-state index in [1.165, 1.54) is 6.26 Å². The highest BCUT2D eigenvalue weighted by Crippen LogP contribution is 2.41. The van der Waals surface area contributed by atoms with Crippen LogP contribution in [0.5, 0.6) is 0 Å². The zero-order chi connectivity index (χ0) is 15.2. The van der Waals surface area contributed by atoms with E-state index < -0.39 is 9.84 Å². The fraction of sp³-hybridized carbons (Fsp3) is 0.533. The van der Waals surface area contributed by atoms with Gasteiger partial charge in [-0.3, -0.25) is 4.79 Å². The number of rotatable bonds is 2. The number of para-hydroxylation sites is 1. The lowest BCUT2D eigenvalue weighted by atomic mass is 9.87. The number of anilines is 2. The van der Waals surface area contributed by atoms with E-state index in [1.807, 2.05) is 6.07 Å². The third-order valence-corrected chi connectivity index (χ3v) is 5.69. The van der Waals surface area contributed by atoms with Gasteiger partial charge in [0.25, 0.3) is 0 Å². The Morgan fingerprint density at radius 2 is 2.14 bits per heavy atom. The Bertz CT molecular complexity index is 684. The minimum absolute atomic E-state index is 0.0863. The summed E-state index contributed by atoms with van der Waals surface area (Å²) in [6.07, 6.45) is 4.13. The molecule has 6 heteroatoms. The van der Waals surface area contributed by atoms with Crippen LogP contribution >= 0.6 is 0 Å². The summed E-state index contributed by atoms with van der Waals surface area (Å²) in [7, 11) is -3.36. The van der Waals surface area contributed by atoms with E-state index in [0.717, 1.165) is 31.5 Å². The lowest BCUT2D eigenvalue weighted by molar-refractivity contribution is -0.118. The summed E-state index contributed by atoms with van der Waals surface area (Å²) in [4.78, 5) is 14.6. The first-order valence-electron chi connectivity index (χ1n) is 7.32. The molecule has 1 amide bonds. The average Bonchev–Trinajstić information content (AvgIpc) is 2.45. The molecule has 2 heterocycles. The van der Waals surface area contributed by atoms with Crippen molar-refractivity contribution in [2.75, 3.05) is 23.0 Å². The molecule has 2 unspecified atom stereocenters. The minimum atomic E-state index is -3.36. The molecule has 5 nitrogen and oxygen atoms in total. The highest BCUT2D eigenvalue weighted by molar-refractivity contribution is 7.90. The summed E-state index contributed by atoms with van der Waals surface area (Å²) in [6.45, 7) is 2.95. The average molecular weight is 308 g/mol. The van der Waals surface area contributed by atoms with Crippen molar-refractivity contribution in [3.8, 4) is 0 Å². The molecule has 1 saturated heterocycles. The van der Waals surface area contributed by atoms with Gasteiger partial charge in [0.15, 0.2) is 9.84 Å². The fourth-order valence-electron chi connectivity index (χ4n) is 3.35. The van der Waals surface area contributed by atoms with Crippen LogP contribution in [0.25, 0.3) is 0 Å². The van der Waals surface area contributed by atoms with Crippen molar-refractivity contribution in [1.29, 1.82) is 0 Å². The first-order chi connectivity index (χ1) is 9.91. The van der Waals surface area contributed by atoms with E-state index in [2.05, 4.69) is 17.1 Å². The Balaban J connectivity index is 2.07. The van der Waals surface area contributed by atoms with Crippen molar-refractivity contribution >= 4 is 27.1 Å². The molecule has 0 aromatic heterocycles. The molecule has 3 rings (SSSR count). The Morgan fingerprint density at radius 3 is 2.81 bits per heavy atom. The first-order valence-corrected chi connectivity index (χ1v) is 9.21. The van der Waals surface area contributed by atoms with Crippen LogP contribution in [0.15, 0.2) is 23.1 Å². The van der Waals surface area contributed by atoms with Gasteiger partial charge in [0.2, 0.25) is 5.91 Å². The monoisotopic (exact) mass is 308 g/mol. The molecule has 1 aromatic carbocycles. The Morgan fingerprint density at radius 1 is 1.38 bits per heavy atom. The Kier molecular flexibility index (Phi) is 3.43. The van der Waals surface area contributed by atoms with Crippen LogP contribution in [0.4, 0.5) is 11.4 Å². The van der Waals surface area contributed by atoms with Crippen molar-refractivity contribution in [3.63, 3.8) is 0 Å². The normalized spacial score (nSPS) is 25.0. The SMILES string of the molecule is CCC1CCN2c3cccc(S(C)(=O)=O)c3NC(=O)C2C1. The van der Waals surface area contributed by atoms with E-state index in [0.29, 0.717) is 11.6 Å². The van der Waals surface area contributed by atoms with E-state index in [9.17, 15) is 13.2 Å². The molecule has 2 atom stereocenters.